The van der Waals surface area contributed by atoms with E-state index in [-0.39, 0.29) is 23.5 Å². The summed E-state index contributed by atoms with van der Waals surface area (Å²) in [5, 5.41) is 9.15. The quantitative estimate of drug-likeness (QED) is 0.876. The fraction of sp³-hybridized carbons (Fsp3) is 0.600. The van der Waals surface area contributed by atoms with Crippen molar-refractivity contribution in [2.45, 2.75) is 44.9 Å². The molecule has 0 atom stereocenters. The molecule has 0 amide bonds. The molecule has 0 spiro atoms. The zero-order valence-electron chi connectivity index (χ0n) is 12.9. The van der Waals surface area contributed by atoms with Gasteiger partial charge in [-0.05, 0) is 23.1 Å². The van der Waals surface area contributed by atoms with Gasteiger partial charge in [0.2, 0.25) is 10.0 Å². The highest BCUT2D eigenvalue weighted by atomic mass is 32.2. The molecule has 0 aliphatic rings. The van der Waals surface area contributed by atoms with E-state index in [1.54, 1.807) is 26.0 Å². The van der Waals surface area contributed by atoms with Crippen LogP contribution in [0.4, 0.5) is 0 Å². The van der Waals surface area contributed by atoms with Gasteiger partial charge in [-0.3, -0.25) is 0 Å². The molecule has 0 aliphatic heterocycles. The molecule has 0 fully saturated rings. The van der Waals surface area contributed by atoms with Crippen LogP contribution in [0, 0.1) is 5.41 Å². The van der Waals surface area contributed by atoms with Crippen molar-refractivity contribution in [2.75, 3.05) is 13.2 Å². The molecule has 114 valence electrons. The van der Waals surface area contributed by atoms with E-state index in [2.05, 4.69) is 25.5 Å². The number of sulfonamides is 1. The summed E-state index contributed by atoms with van der Waals surface area (Å²) < 4.78 is 26.9. The Kier molecular flexibility index (Phi) is 5.00. The van der Waals surface area contributed by atoms with Crippen LogP contribution in [0.2, 0.25) is 0 Å². The highest BCUT2D eigenvalue weighted by Crippen LogP contribution is 2.23. The molecular weight excluding hydrogens is 274 g/mol. The number of hydrogen-bond acceptors (Lipinski definition) is 3. The minimum absolute atomic E-state index is 0.00536. The fourth-order valence-corrected chi connectivity index (χ4v) is 2.81. The van der Waals surface area contributed by atoms with Crippen LogP contribution in [0.3, 0.4) is 0 Å². The molecular formula is C15H25NO3S. The van der Waals surface area contributed by atoms with Crippen LogP contribution in [0.25, 0.3) is 0 Å². The Bertz CT molecular complexity index is 539. The smallest absolute Gasteiger partial charge is 0.240 e. The van der Waals surface area contributed by atoms with E-state index in [1.807, 2.05) is 12.1 Å². The highest BCUT2D eigenvalue weighted by Gasteiger charge is 2.22. The topological polar surface area (TPSA) is 66.4 Å². The lowest BCUT2D eigenvalue weighted by Gasteiger charge is -2.22. The third-order valence-electron chi connectivity index (χ3n) is 3.20. The summed E-state index contributed by atoms with van der Waals surface area (Å²) in [6.07, 6.45) is 0. The minimum Gasteiger partial charge on any atom is -0.396 e. The van der Waals surface area contributed by atoms with Crippen LogP contribution in [-0.2, 0) is 15.4 Å². The zero-order chi connectivity index (χ0) is 15.6. The SMILES string of the molecule is CC(C)(CO)CNS(=O)(=O)c1ccc(C(C)(C)C)cc1. The third-order valence-corrected chi connectivity index (χ3v) is 4.62. The van der Waals surface area contributed by atoms with Crippen molar-refractivity contribution in [1.29, 1.82) is 0 Å². The van der Waals surface area contributed by atoms with E-state index < -0.39 is 15.4 Å². The first-order valence-corrected chi connectivity index (χ1v) is 8.17. The van der Waals surface area contributed by atoms with Gasteiger partial charge in [-0.1, -0.05) is 46.8 Å². The van der Waals surface area contributed by atoms with Gasteiger partial charge in [0.1, 0.15) is 0 Å². The van der Waals surface area contributed by atoms with Crippen molar-refractivity contribution in [3.63, 3.8) is 0 Å². The second kappa shape index (κ2) is 5.84. The molecule has 1 rings (SSSR count). The van der Waals surface area contributed by atoms with Crippen molar-refractivity contribution < 1.29 is 13.5 Å². The maximum atomic E-state index is 12.2. The molecule has 2 N–H and O–H groups in total. The van der Waals surface area contributed by atoms with E-state index in [4.69, 9.17) is 5.11 Å². The number of aliphatic hydroxyl groups is 1. The van der Waals surface area contributed by atoms with E-state index in [0.29, 0.717) is 0 Å². The van der Waals surface area contributed by atoms with Crippen LogP contribution in [0.5, 0.6) is 0 Å². The van der Waals surface area contributed by atoms with Gasteiger partial charge in [0.15, 0.2) is 0 Å². The molecule has 5 heteroatoms. The second-order valence-electron chi connectivity index (χ2n) is 6.92. The van der Waals surface area contributed by atoms with Gasteiger partial charge in [0.25, 0.3) is 0 Å². The molecule has 0 unspecified atom stereocenters. The van der Waals surface area contributed by atoms with Crippen molar-refractivity contribution in [2.24, 2.45) is 5.41 Å². The van der Waals surface area contributed by atoms with Crippen LogP contribution < -0.4 is 4.72 Å². The highest BCUT2D eigenvalue weighted by molar-refractivity contribution is 7.89. The average molecular weight is 299 g/mol. The van der Waals surface area contributed by atoms with E-state index in [0.717, 1.165) is 5.56 Å². The zero-order valence-corrected chi connectivity index (χ0v) is 13.7. The fourth-order valence-electron chi connectivity index (χ4n) is 1.56. The summed E-state index contributed by atoms with van der Waals surface area (Å²) in [5.41, 5.74) is 0.611. The van der Waals surface area contributed by atoms with E-state index in [1.165, 1.54) is 0 Å². The van der Waals surface area contributed by atoms with Crippen molar-refractivity contribution >= 4 is 10.0 Å². The predicted octanol–water partition coefficient (Wildman–Crippen LogP) is 2.28. The molecule has 0 radical (unpaired) electrons. The monoisotopic (exact) mass is 299 g/mol. The first-order chi connectivity index (χ1) is 8.98. The predicted molar refractivity (Wildman–Crippen MR) is 81.2 cm³/mol. The molecule has 0 aromatic heterocycles. The summed E-state index contributed by atoms with van der Waals surface area (Å²) >= 11 is 0. The summed E-state index contributed by atoms with van der Waals surface area (Å²) in [6, 6.07) is 6.92. The molecule has 1 aromatic rings. The van der Waals surface area contributed by atoms with Crippen molar-refractivity contribution in [3.05, 3.63) is 29.8 Å². The lowest BCUT2D eigenvalue weighted by atomic mass is 9.87. The Hall–Kier alpha value is -0.910. The first-order valence-electron chi connectivity index (χ1n) is 6.69. The maximum absolute atomic E-state index is 12.2. The second-order valence-corrected chi connectivity index (χ2v) is 8.69. The third kappa shape index (κ3) is 4.58. The van der Waals surface area contributed by atoms with Gasteiger partial charge >= 0.3 is 0 Å². The summed E-state index contributed by atoms with van der Waals surface area (Å²) in [6.45, 7) is 9.98. The van der Waals surface area contributed by atoms with Crippen molar-refractivity contribution in [3.8, 4) is 0 Å². The molecule has 4 nitrogen and oxygen atoms in total. The number of rotatable bonds is 5. The van der Waals surface area contributed by atoms with Gasteiger partial charge < -0.3 is 5.11 Å². The van der Waals surface area contributed by atoms with Gasteiger partial charge in [0.05, 0.1) is 4.90 Å². The Morgan fingerprint density at radius 1 is 1.05 bits per heavy atom. The lowest BCUT2D eigenvalue weighted by Crippen LogP contribution is -2.36. The van der Waals surface area contributed by atoms with Crippen LogP contribution in [0.1, 0.15) is 40.2 Å². The maximum Gasteiger partial charge on any atom is 0.240 e. The molecule has 1 aromatic carbocycles. The number of hydrogen-bond donors (Lipinski definition) is 2. The Morgan fingerprint density at radius 2 is 1.55 bits per heavy atom. The molecule has 0 saturated carbocycles. The van der Waals surface area contributed by atoms with E-state index in [9.17, 15) is 8.42 Å². The first kappa shape index (κ1) is 17.1. The number of nitrogens with one attached hydrogen (secondary N) is 1. The summed E-state index contributed by atoms with van der Waals surface area (Å²) in [5.74, 6) is 0. The van der Waals surface area contributed by atoms with Crippen LogP contribution in [0.15, 0.2) is 29.2 Å². The lowest BCUT2D eigenvalue weighted by molar-refractivity contribution is 0.163. The molecule has 0 bridgehead atoms. The Labute approximate surface area is 122 Å². The summed E-state index contributed by atoms with van der Waals surface area (Å²) in [4.78, 5) is 0.249. The standard InChI is InChI=1S/C15H25NO3S/c1-14(2,3)12-6-8-13(9-7-12)20(18,19)16-10-15(4,5)11-17/h6-9,16-17H,10-11H2,1-5H3. The van der Waals surface area contributed by atoms with Crippen LogP contribution >= 0.6 is 0 Å². The molecule has 0 saturated heterocycles. The molecule has 0 aliphatic carbocycles. The summed E-state index contributed by atoms with van der Waals surface area (Å²) in [7, 11) is -3.53. The number of benzene rings is 1. The van der Waals surface area contributed by atoms with Crippen molar-refractivity contribution in [1.82, 2.24) is 4.72 Å². The van der Waals surface area contributed by atoms with Crippen LogP contribution in [-0.4, -0.2) is 26.7 Å². The van der Waals surface area contributed by atoms with Gasteiger partial charge in [0, 0.05) is 18.6 Å². The Balaban J connectivity index is 2.89. The van der Waals surface area contributed by atoms with Gasteiger partial charge in [-0.15, -0.1) is 0 Å². The molecule has 0 heterocycles. The number of aliphatic hydroxyl groups excluding tert-OH is 1. The minimum atomic E-state index is -3.53. The van der Waals surface area contributed by atoms with E-state index >= 15 is 0 Å². The van der Waals surface area contributed by atoms with Gasteiger partial charge in [-0.25, -0.2) is 13.1 Å². The largest absolute Gasteiger partial charge is 0.396 e. The average Bonchev–Trinajstić information content (AvgIpc) is 2.36. The van der Waals surface area contributed by atoms with Gasteiger partial charge in [-0.2, -0.15) is 0 Å². The Morgan fingerprint density at radius 3 is 1.95 bits per heavy atom. The molecule has 20 heavy (non-hydrogen) atoms. The normalized spacial score (nSPS) is 13.5.